The number of rotatable bonds is 9. The van der Waals surface area contributed by atoms with Crippen LogP contribution in [0, 0.1) is 0 Å². The molecule has 1 aromatic carbocycles. The Morgan fingerprint density at radius 1 is 1.31 bits per heavy atom. The van der Waals surface area contributed by atoms with Crippen LogP contribution >= 0.6 is 24.0 Å². The minimum atomic E-state index is -4.17. The Hall–Kier alpha value is -1.27. The van der Waals surface area contributed by atoms with Crippen molar-refractivity contribution in [3.63, 3.8) is 0 Å². The first-order valence-electron chi connectivity index (χ1n) is 9.48. The number of hydrogen-bond donors (Lipinski definition) is 2. The van der Waals surface area contributed by atoms with Crippen LogP contribution in [0.3, 0.4) is 0 Å². The third-order valence-electron chi connectivity index (χ3n) is 4.19. The molecule has 0 aromatic heterocycles. The van der Waals surface area contributed by atoms with Crippen LogP contribution in [0.2, 0.25) is 0 Å². The van der Waals surface area contributed by atoms with E-state index in [-0.39, 0.29) is 30.0 Å². The first-order chi connectivity index (χ1) is 13.4. The molecule has 1 aliphatic rings. The van der Waals surface area contributed by atoms with E-state index in [1.54, 1.807) is 7.11 Å². The molecule has 10 heteroatoms. The maximum absolute atomic E-state index is 12.6. The minimum absolute atomic E-state index is 0. The van der Waals surface area contributed by atoms with E-state index in [4.69, 9.17) is 9.47 Å². The van der Waals surface area contributed by atoms with Crippen molar-refractivity contribution in [2.75, 3.05) is 51.8 Å². The molecular weight excluding hydrogens is 500 g/mol. The fourth-order valence-electron chi connectivity index (χ4n) is 3.01. The van der Waals surface area contributed by atoms with Gasteiger partial charge >= 0.3 is 6.18 Å². The van der Waals surface area contributed by atoms with Crippen molar-refractivity contribution in [1.82, 2.24) is 10.2 Å². The smallest absolute Gasteiger partial charge is 0.401 e. The third kappa shape index (κ3) is 10.4. The average molecular weight is 530 g/mol. The lowest BCUT2D eigenvalue weighted by molar-refractivity contribution is -0.143. The van der Waals surface area contributed by atoms with E-state index < -0.39 is 12.7 Å². The quantitative estimate of drug-likeness (QED) is 0.221. The maximum atomic E-state index is 12.6. The summed E-state index contributed by atoms with van der Waals surface area (Å²) in [4.78, 5) is 5.81. The number of halogens is 4. The van der Waals surface area contributed by atoms with Gasteiger partial charge in [-0.2, -0.15) is 13.2 Å². The number of alkyl halides is 3. The molecular formula is C19H30F3IN4O2. The maximum Gasteiger partial charge on any atom is 0.401 e. The van der Waals surface area contributed by atoms with Gasteiger partial charge < -0.3 is 20.1 Å². The summed E-state index contributed by atoms with van der Waals surface area (Å²) in [6, 6.07) is 7.42. The summed E-state index contributed by atoms with van der Waals surface area (Å²) in [5.41, 5.74) is 0.800. The second kappa shape index (κ2) is 13.1. The number of hydrogen-bond acceptors (Lipinski definition) is 4. The van der Waals surface area contributed by atoms with Gasteiger partial charge in [0.05, 0.1) is 13.2 Å². The molecule has 29 heavy (non-hydrogen) atoms. The predicted molar refractivity (Wildman–Crippen MR) is 119 cm³/mol. The monoisotopic (exact) mass is 530 g/mol. The largest absolute Gasteiger partial charge is 0.493 e. The van der Waals surface area contributed by atoms with Gasteiger partial charge in [0.15, 0.2) is 5.96 Å². The summed E-state index contributed by atoms with van der Waals surface area (Å²) in [5, 5.41) is 6.44. The molecule has 1 heterocycles. The zero-order chi connectivity index (χ0) is 20.4. The van der Waals surface area contributed by atoms with E-state index in [2.05, 4.69) is 15.6 Å². The molecule has 1 atom stereocenters. The zero-order valence-corrected chi connectivity index (χ0v) is 19.1. The highest BCUT2D eigenvalue weighted by molar-refractivity contribution is 14.0. The van der Waals surface area contributed by atoms with Gasteiger partial charge in [-0.1, -0.05) is 6.07 Å². The number of aliphatic imine (C=N–C) groups is 1. The molecule has 2 rings (SSSR count). The van der Waals surface area contributed by atoms with Crippen LogP contribution in [0.15, 0.2) is 29.3 Å². The van der Waals surface area contributed by atoms with E-state index in [0.29, 0.717) is 45.2 Å². The number of anilines is 1. The highest BCUT2D eigenvalue weighted by Crippen LogP contribution is 2.20. The fraction of sp³-hybridized carbons (Fsp3) is 0.632. The van der Waals surface area contributed by atoms with Crippen molar-refractivity contribution in [3.05, 3.63) is 24.3 Å². The Bertz CT molecular complexity index is 632. The van der Waals surface area contributed by atoms with E-state index >= 15 is 0 Å². The fourth-order valence-corrected chi connectivity index (χ4v) is 3.01. The Morgan fingerprint density at radius 3 is 2.79 bits per heavy atom. The molecule has 1 aromatic rings. The molecule has 166 valence electrons. The number of methoxy groups -OCH3 is 1. The number of benzene rings is 1. The highest BCUT2D eigenvalue weighted by Gasteiger charge is 2.34. The lowest BCUT2D eigenvalue weighted by Crippen LogP contribution is -2.42. The number of nitrogens with one attached hydrogen (secondary N) is 2. The Balaban J connectivity index is 0.00000420. The Labute approximate surface area is 187 Å². The summed E-state index contributed by atoms with van der Waals surface area (Å²) < 4.78 is 48.4. The van der Waals surface area contributed by atoms with Gasteiger partial charge in [-0.05, 0) is 25.5 Å². The van der Waals surface area contributed by atoms with Gasteiger partial charge in [0.25, 0.3) is 0 Å². The van der Waals surface area contributed by atoms with Crippen molar-refractivity contribution >= 4 is 35.6 Å². The Kier molecular flexibility index (Phi) is 11.7. The molecule has 0 bridgehead atoms. The first-order valence-corrected chi connectivity index (χ1v) is 9.48. The number of likely N-dealkylation sites (tertiary alicyclic amines) is 1. The molecule has 0 amide bonds. The lowest BCUT2D eigenvalue weighted by Gasteiger charge is -2.20. The predicted octanol–water partition coefficient (Wildman–Crippen LogP) is 3.73. The van der Waals surface area contributed by atoms with Gasteiger partial charge in [-0.3, -0.25) is 9.89 Å². The molecule has 6 nitrogen and oxygen atoms in total. The summed E-state index contributed by atoms with van der Waals surface area (Å²) in [7, 11) is 1.65. The first kappa shape index (κ1) is 25.8. The standard InChI is InChI=1S/C19H29F3N4O2.HI/c1-3-23-18(25-16-8-9-26(13-16)14-19(20,21)22)24-15-6-4-7-17(12-15)28-11-5-10-27-2;/h4,6-7,12,16H,3,5,8-11,13-14H2,1-2H3,(H2,23,24,25);1H. The van der Waals surface area contributed by atoms with Crippen LogP contribution in [-0.4, -0.2) is 69.6 Å². The molecule has 1 saturated heterocycles. The molecule has 0 saturated carbocycles. The third-order valence-corrected chi connectivity index (χ3v) is 4.19. The lowest BCUT2D eigenvalue weighted by atomic mass is 10.2. The number of ether oxygens (including phenoxy) is 2. The summed E-state index contributed by atoms with van der Waals surface area (Å²) in [6.07, 6.45) is -2.73. The van der Waals surface area contributed by atoms with Gasteiger partial charge in [-0.25, -0.2) is 0 Å². The molecule has 0 radical (unpaired) electrons. The molecule has 0 spiro atoms. The van der Waals surface area contributed by atoms with Crippen LogP contribution in [0.4, 0.5) is 18.9 Å². The minimum Gasteiger partial charge on any atom is -0.493 e. The highest BCUT2D eigenvalue weighted by atomic mass is 127. The van der Waals surface area contributed by atoms with E-state index in [1.807, 2.05) is 31.2 Å². The topological polar surface area (TPSA) is 58.1 Å². The summed E-state index contributed by atoms with van der Waals surface area (Å²) in [5.74, 6) is 1.28. The zero-order valence-electron chi connectivity index (χ0n) is 16.8. The van der Waals surface area contributed by atoms with Crippen LogP contribution in [0.25, 0.3) is 0 Å². The molecule has 0 aliphatic carbocycles. The second-order valence-corrected chi connectivity index (χ2v) is 6.65. The molecule has 1 fully saturated rings. The molecule has 1 unspecified atom stereocenters. The summed E-state index contributed by atoms with van der Waals surface area (Å²) >= 11 is 0. The van der Waals surface area contributed by atoms with Gasteiger partial charge in [0.1, 0.15) is 5.75 Å². The van der Waals surface area contributed by atoms with Crippen LogP contribution < -0.4 is 15.4 Å². The van der Waals surface area contributed by atoms with E-state index in [0.717, 1.165) is 17.9 Å². The molecule has 2 N–H and O–H groups in total. The van der Waals surface area contributed by atoms with Crippen molar-refractivity contribution in [2.24, 2.45) is 4.99 Å². The van der Waals surface area contributed by atoms with E-state index in [9.17, 15) is 13.2 Å². The van der Waals surface area contributed by atoms with Crippen molar-refractivity contribution in [3.8, 4) is 5.75 Å². The average Bonchev–Trinajstić information content (AvgIpc) is 3.04. The van der Waals surface area contributed by atoms with E-state index in [1.165, 1.54) is 4.90 Å². The van der Waals surface area contributed by atoms with Crippen molar-refractivity contribution in [2.45, 2.75) is 32.0 Å². The van der Waals surface area contributed by atoms with Crippen LogP contribution in [-0.2, 0) is 4.74 Å². The molecule has 1 aliphatic heterocycles. The van der Waals surface area contributed by atoms with Gasteiger partial charge in [-0.15, -0.1) is 24.0 Å². The number of guanidine groups is 1. The summed E-state index contributed by atoms with van der Waals surface area (Å²) in [6.45, 7) is 3.55. The number of nitrogens with zero attached hydrogens (tertiary/aromatic N) is 2. The SMILES string of the molecule is CCN=C(Nc1cccc(OCCCOC)c1)NC1CCN(CC(F)(F)F)C1.I. The Morgan fingerprint density at radius 2 is 2.10 bits per heavy atom. The second-order valence-electron chi connectivity index (χ2n) is 6.65. The van der Waals surface area contributed by atoms with Gasteiger partial charge in [0, 0.05) is 57.6 Å². The van der Waals surface area contributed by atoms with Crippen molar-refractivity contribution in [1.29, 1.82) is 0 Å². The van der Waals surface area contributed by atoms with Crippen molar-refractivity contribution < 1.29 is 22.6 Å². The van der Waals surface area contributed by atoms with Gasteiger partial charge in [0.2, 0.25) is 0 Å². The van der Waals surface area contributed by atoms with Crippen LogP contribution in [0.5, 0.6) is 5.75 Å². The van der Waals surface area contributed by atoms with Crippen LogP contribution in [0.1, 0.15) is 19.8 Å². The normalized spacial score (nSPS) is 17.7.